The van der Waals surface area contributed by atoms with Gasteiger partial charge in [-0.15, -0.1) is 5.10 Å². The zero-order chi connectivity index (χ0) is 29.7. The number of nitrogens with one attached hydrogen (secondary N) is 2. The second-order valence-corrected chi connectivity index (χ2v) is 12.0. The van der Waals surface area contributed by atoms with E-state index in [2.05, 4.69) is 52.8 Å². The Kier molecular flexibility index (Phi) is 7.10. The topological polar surface area (TPSA) is 91.4 Å². The van der Waals surface area contributed by atoms with Crippen molar-refractivity contribution in [3.05, 3.63) is 75.9 Å². The molecule has 2 aromatic heterocycles. The van der Waals surface area contributed by atoms with Gasteiger partial charge in [-0.2, -0.15) is 18.4 Å². The highest BCUT2D eigenvalue weighted by molar-refractivity contribution is 6.32. The molecular formula is C29H28ClF4N7. The summed E-state index contributed by atoms with van der Waals surface area (Å²) in [5.74, 6) is -0.475. The lowest BCUT2D eigenvalue weighted by atomic mass is 9.96. The highest BCUT2D eigenvalue weighted by atomic mass is 35.5. The summed E-state index contributed by atoms with van der Waals surface area (Å²) in [4.78, 5) is 4.52. The van der Waals surface area contributed by atoms with E-state index in [1.165, 1.54) is 24.5 Å². The Hall–Kier alpha value is -3.91. The molecule has 1 saturated carbocycles. The number of hydrogen-bond acceptors (Lipinski definition) is 6. The average molecular weight is 586 g/mol. The summed E-state index contributed by atoms with van der Waals surface area (Å²) in [5.41, 5.74) is 0.523. The summed E-state index contributed by atoms with van der Waals surface area (Å²) in [6.07, 6.45) is -1.97. The molecule has 2 N–H and O–H groups in total. The first-order valence-electron chi connectivity index (χ1n) is 13.0. The Morgan fingerprint density at radius 3 is 2.56 bits per heavy atom. The largest absolute Gasteiger partial charge is 0.413 e. The van der Waals surface area contributed by atoms with Crippen molar-refractivity contribution in [3.63, 3.8) is 0 Å². The van der Waals surface area contributed by atoms with Crippen LogP contribution in [0.15, 0.2) is 42.7 Å². The molecule has 0 amide bonds. The molecule has 7 nitrogen and oxygen atoms in total. The Morgan fingerprint density at radius 2 is 1.93 bits per heavy atom. The fraction of sp³-hybridized carbons (Fsp3) is 0.379. The molecule has 0 radical (unpaired) electrons. The predicted molar refractivity (Wildman–Crippen MR) is 149 cm³/mol. The van der Waals surface area contributed by atoms with Crippen LogP contribution in [0.4, 0.5) is 28.9 Å². The van der Waals surface area contributed by atoms with E-state index < -0.39 is 23.6 Å². The molecule has 0 saturated heterocycles. The van der Waals surface area contributed by atoms with Crippen LogP contribution >= 0.6 is 11.6 Å². The van der Waals surface area contributed by atoms with Gasteiger partial charge in [-0.1, -0.05) is 49.7 Å². The van der Waals surface area contributed by atoms with Crippen molar-refractivity contribution in [2.45, 2.75) is 58.3 Å². The molecule has 1 aliphatic carbocycles. The molecule has 0 unspecified atom stereocenters. The van der Waals surface area contributed by atoms with Gasteiger partial charge in [0.05, 0.1) is 34.7 Å². The number of benzene rings is 2. The van der Waals surface area contributed by atoms with E-state index in [-0.39, 0.29) is 24.0 Å². The zero-order valence-corrected chi connectivity index (χ0v) is 23.6. The van der Waals surface area contributed by atoms with Gasteiger partial charge < -0.3 is 10.6 Å². The molecule has 1 aliphatic rings. The molecule has 214 valence electrons. The van der Waals surface area contributed by atoms with Gasteiger partial charge in [-0.3, -0.25) is 4.98 Å². The minimum atomic E-state index is -4.49. The van der Waals surface area contributed by atoms with Crippen molar-refractivity contribution in [3.8, 4) is 6.07 Å². The maximum absolute atomic E-state index is 14.7. The highest BCUT2D eigenvalue weighted by Gasteiger charge is 2.66. The van der Waals surface area contributed by atoms with Crippen molar-refractivity contribution in [2.24, 2.45) is 5.41 Å². The second-order valence-electron chi connectivity index (χ2n) is 11.6. The second kappa shape index (κ2) is 10.2. The van der Waals surface area contributed by atoms with Gasteiger partial charge in [0.2, 0.25) is 0 Å². The molecule has 41 heavy (non-hydrogen) atoms. The SMILES string of the molecule is Cc1c(F)cccc1[C@H](Nc1cc(Cl)cc2c(NCC(C)(C)C)c(C#N)cnc12)c1cn(C2(C(F)(F)F)CC2)nn1. The number of halogens is 5. The molecule has 0 bridgehead atoms. The van der Waals surface area contributed by atoms with Crippen LogP contribution in [0.3, 0.4) is 0 Å². The van der Waals surface area contributed by atoms with Crippen molar-refractivity contribution < 1.29 is 17.6 Å². The molecule has 12 heteroatoms. The third kappa shape index (κ3) is 5.40. The monoisotopic (exact) mass is 585 g/mol. The van der Waals surface area contributed by atoms with Gasteiger partial charge in [-0.05, 0) is 54.5 Å². The Bertz CT molecular complexity index is 1660. The van der Waals surface area contributed by atoms with Gasteiger partial charge in [0.25, 0.3) is 0 Å². The lowest BCUT2D eigenvalue weighted by Gasteiger charge is -2.24. The summed E-state index contributed by atoms with van der Waals surface area (Å²) in [5, 5.41) is 25.3. The van der Waals surface area contributed by atoms with Crippen LogP contribution in [0.2, 0.25) is 5.02 Å². The van der Waals surface area contributed by atoms with E-state index >= 15 is 0 Å². The molecule has 1 fully saturated rings. The standard InChI is InChI=1S/C29H28ClF4N7/c1-16-19(6-5-7-21(16)31)26(23-14-41(40-39-23)28(8-9-28)29(32,33)34)38-22-11-18(30)10-20-24(37-15-27(2,3)4)17(12-35)13-36-25(20)22/h5-7,10-11,13-14,26,38H,8-9,15H2,1-4H3,(H,36,37)/t26-/m0/s1. The first-order chi connectivity index (χ1) is 19.2. The first-order valence-corrected chi connectivity index (χ1v) is 13.4. The minimum Gasteiger partial charge on any atom is -0.383 e. The van der Waals surface area contributed by atoms with Gasteiger partial charge in [0.15, 0.2) is 5.54 Å². The number of hydrogen-bond donors (Lipinski definition) is 2. The molecule has 1 atom stereocenters. The highest BCUT2D eigenvalue weighted by Crippen LogP contribution is 2.55. The van der Waals surface area contributed by atoms with Crippen molar-refractivity contribution in [1.82, 2.24) is 20.0 Å². The number of anilines is 2. The smallest absolute Gasteiger partial charge is 0.383 e. The Labute approximate surface area is 239 Å². The molecule has 2 aromatic carbocycles. The minimum absolute atomic E-state index is 0.0925. The van der Waals surface area contributed by atoms with Gasteiger partial charge in [-0.25, -0.2) is 9.07 Å². The van der Waals surface area contributed by atoms with Crippen molar-refractivity contribution >= 4 is 33.9 Å². The zero-order valence-electron chi connectivity index (χ0n) is 22.9. The maximum Gasteiger partial charge on any atom is 0.413 e. The van der Waals surface area contributed by atoms with Crippen molar-refractivity contribution in [1.29, 1.82) is 5.26 Å². The summed E-state index contributed by atoms with van der Waals surface area (Å²) in [6, 6.07) is 9.10. The third-order valence-corrected chi connectivity index (χ3v) is 7.49. The Balaban J connectivity index is 1.64. The number of nitrogens with zero attached hydrogens (tertiary/aromatic N) is 5. The van der Waals surface area contributed by atoms with Crippen molar-refractivity contribution in [2.75, 3.05) is 17.2 Å². The maximum atomic E-state index is 14.7. The molecule has 2 heterocycles. The molecular weight excluding hydrogens is 558 g/mol. The number of nitriles is 1. The van der Waals surface area contributed by atoms with Crippen LogP contribution in [-0.4, -0.2) is 32.7 Å². The van der Waals surface area contributed by atoms with Crippen LogP contribution in [0, 0.1) is 29.5 Å². The van der Waals surface area contributed by atoms with E-state index in [1.807, 2.05) is 0 Å². The quantitative estimate of drug-likeness (QED) is 0.218. The number of rotatable bonds is 7. The normalized spacial score (nSPS) is 15.4. The van der Waals surface area contributed by atoms with E-state index in [4.69, 9.17) is 11.6 Å². The Morgan fingerprint density at radius 1 is 1.20 bits per heavy atom. The fourth-order valence-corrected chi connectivity index (χ4v) is 5.01. The van der Waals surface area contributed by atoms with Gasteiger partial charge in [0.1, 0.15) is 17.6 Å². The van der Waals surface area contributed by atoms with E-state index in [0.29, 0.717) is 50.5 Å². The van der Waals surface area contributed by atoms with E-state index in [9.17, 15) is 22.8 Å². The molecule has 0 aliphatic heterocycles. The van der Waals surface area contributed by atoms with Crippen LogP contribution in [0.25, 0.3) is 10.9 Å². The predicted octanol–water partition coefficient (Wildman–Crippen LogP) is 7.51. The average Bonchev–Trinajstić information content (AvgIpc) is 3.58. The number of pyridine rings is 1. The third-order valence-electron chi connectivity index (χ3n) is 7.27. The number of aromatic nitrogens is 4. The summed E-state index contributed by atoms with van der Waals surface area (Å²) in [6.45, 7) is 8.31. The lowest BCUT2D eigenvalue weighted by molar-refractivity contribution is -0.182. The number of alkyl halides is 3. The van der Waals surface area contributed by atoms with Crippen LogP contribution < -0.4 is 10.6 Å². The van der Waals surface area contributed by atoms with E-state index in [0.717, 1.165) is 4.68 Å². The van der Waals surface area contributed by atoms with Gasteiger partial charge in [0, 0.05) is 23.2 Å². The molecule has 0 spiro atoms. The molecule has 4 aromatic rings. The van der Waals surface area contributed by atoms with Crippen LogP contribution in [0.1, 0.15) is 62.0 Å². The van der Waals surface area contributed by atoms with Crippen LogP contribution in [-0.2, 0) is 5.54 Å². The lowest BCUT2D eigenvalue weighted by Crippen LogP contribution is -2.35. The summed E-state index contributed by atoms with van der Waals surface area (Å²) < 4.78 is 57.0. The number of fused-ring (bicyclic) bond motifs is 1. The van der Waals surface area contributed by atoms with E-state index in [1.54, 1.807) is 25.1 Å². The summed E-state index contributed by atoms with van der Waals surface area (Å²) in [7, 11) is 0. The molecule has 5 rings (SSSR count). The van der Waals surface area contributed by atoms with Crippen LogP contribution in [0.5, 0.6) is 0 Å². The first kappa shape index (κ1) is 28.6. The summed E-state index contributed by atoms with van der Waals surface area (Å²) >= 11 is 6.54. The fourth-order valence-electron chi connectivity index (χ4n) is 4.79. The van der Waals surface area contributed by atoms with Gasteiger partial charge >= 0.3 is 6.18 Å².